The first-order valence-corrected chi connectivity index (χ1v) is 13.8. The third kappa shape index (κ3) is 3.87. The fraction of sp³-hybridized carbons (Fsp3) is 0.406. The van der Waals surface area contributed by atoms with Gasteiger partial charge in [-0.3, -0.25) is 4.79 Å². The van der Waals surface area contributed by atoms with Gasteiger partial charge in [0.05, 0.1) is 13.2 Å². The average molecular weight is 494 g/mol. The largest absolute Gasteiger partial charge is 0.497 e. The zero-order valence-electron chi connectivity index (χ0n) is 21.5. The number of amides is 1. The van der Waals surface area contributed by atoms with Crippen LogP contribution in [-0.4, -0.2) is 44.1 Å². The van der Waals surface area contributed by atoms with Gasteiger partial charge in [-0.2, -0.15) is 0 Å². The van der Waals surface area contributed by atoms with E-state index in [1.807, 2.05) is 23.1 Å². The molecular formula is C32H35N3O2. The number of methoxy groups -OCH3 is 1. The van der Waals surface area contributed by atoms with Crippen LogP contribution in [0.2, 0.25) is 0 Å². The Hall–Kier alpha value is -3.47. The molecule has 5 atom stereocenters. The number of benzene rings is 3. The number of hydrogen-bond acceptors (Lipinski definition) is 4. The molecule has 0 radical (unpaired) electrons. The topological polar surface area (TPSA) is 44.8 Å². The van der Waals surface area contributed by atoms with E-state index in [-0.39, 0.29) is 5.91 Å². The van der Waals surface area contributed by atoms with Gasteiger partial charge >= 0.3 is 0 Å². The van der Waals surface area contributed by atoms with Crippen molar-refractivity contribution in [2.45, 2.75) is 31.2 Å². The SMILES string of the molecule is COc1ccc(N2CCN(C(=O)c3ccc4c(c3)[C@@H]3[C@H]5CC[C@H](C5)[C@H]3[C@H](c3ccccc3)N4)CC2)cc1. The predicted molar refractivity (Wildman–Crippen MR) is 147 cm³/mol. The lowest BCUT2D eigenvalue weighted by Gasteiger charge is -2.44. The summed E-state index contributed by atoms with van der Waals surface area (Å²) in [6.45, 7) is 3.18. The molecule has 1 amide bonds. The molecule has 0 unspecified atom stereocenters. The smallest absolute Gasteiger partial charge is 0.253 e. The molecule has 1 saturated heterocycles. The van der Waals surface area contributed by atoms with E-state index in [0.29, 0.717) is 17.9 Å². The van der Waals surface area contributed by atoms with Crippen LogP contribution in [0.5, 0.6) is 5.75 Å². The summed E-state index contributed by atoms with van der Waals surface area (Å²) in [4.78, 5) is 18.0. The maximum absolute atomic E-state index is 13.6. The highest BCUT2D eigenvalue weighted by molar-refractivity contribution is 5.95. The van der Waals surface area contributed by atoms with Crippen molar-refractivity contribution in [1.82, 2.24) is 4.90 Å². The number of nitrogens with one attached hydrogen (secondary N) is 1. The highest BCUT2D eigenvalue weighted by Crippen LogP contribution is 2.63. The highest BCUT2D eigenvalue weighted by Gasteiger charge is 2.53. The summed E-state index contributed by atoms with van der Waals surface area (Å²) in [5.74, 6) is 3.74. The van der Waals surface area contributed by atoms with E-state index in [2.05, 4.69) is 64.8 Å². The van der Waals surface area contributed by atoms with Gasteiger partial charge in [-0.15, -0.1) is 0 Å². The van der Waals surface area contributed by atoms with E-state index in [9.17, 15) is 4.79 Å². The molecule has 2 aliphatic carbocycles. The summed E-state index contributed by atoms with van der Waals surface area (Å²) >= 11 is 0. The molecule has 37 heavy (non-hydrogen) atoms. The minimum Gasteiger partial charge on any atom is -0.497 e. The van der Waals surface area contributed by atoms with Crippen molar-refractivity contribution in [3.63, 3.8) is 0 Å². The lowest BCUT2D eigenvalue weighted by molar-refractivity contribution is 0.0746. The zero-order valence-corrected chi connectivity index (χ0v) is 21.5. The van der Waals surface area contributed by atoms with Crippen LogP contribution in [0.4, 0.5) is 11.4 Å². The Morgan fingerprint density at radius 3 is 2.41 bits per heavy atom. The molecule has 2 bridgehead atoms. The Kier molecular flexibility index (Phi) is 5.60. The number of rotatable bonds is 4. The molecule has 3 aromatic carbocycles. The zero-order chi connectivity index (χ0) is 24.9. The molecule has 4 aliphatic rings. The van der Waals surface area contributed by atoms with Crippen molar-refractivity contribution in [3.8, 4) is 5.75 Å². The Labute approximate surface area is 219 Å². The van der Waals surface area contributed by atoms with Crippen molar-refractivity contribution in [2.75, 3.05) is 43.5 Å². The molecule has 3 aromatic rings. The third-order valence-electron chi connectivity index (χ3n) is 9.50. The number of fused-ring (bicyclic) bond motifs is 7. The van der Waals surface area contributed by atoms with Gasteiger partial charge in [-0.1, -0.05) is 30.3 Å². The number of nitrogens with zero attached hydrogens (tertiary/aromatic N) is 2. The molecule has 3 fully saturated rings. The molecule has 7 rings (SSSR count). The number of ether oxygens (including phenoxy) is 1. The van der Waals surface area contributed by atoms with E-state index in [1.54, 1.807) is 7.11 Å². The van der Waals surface area contributed by atoms with Crippen molar-refractivity contribution >= 4 is 17.3 Å². The number of hydrogen-bond donors (Lipinski definition) is 1. The second-order valence-corrected chi connectivity index (χ2v) is 11.2. The minimum absolute atomic E-state index is 0.169. The van der Waals surface area contributed by atoms with Crippen LogP contribution in [0.3, 0.4) is 0 Å². The summed E-state index contributed by atoms with van der Waals surface area (Å²) in [6.07, 6.45) is 4.02. The van der Waals surface area contributed by atoms with Crippen LogP contribution in [0, 0.1) is 17.8 Å². The monoisotopic (exact) mass is 493 g/mol. The van der Waals surface area contributed by atoms with Crippen molar-refractivity contribution in [2.24, 2.45) is 17.8 Å². The standard InChI is InChI=1S/C32H35N3O2/c1-37-26-12-10-25(11-13-26)34-15-17-35(18-16-34)32(36)24-9-14-28-27(20-24)29-22-7-8-23(19-22)30(29)31(33-28)21-5-3-2-4-6-21/h2-6,9-14,20,22-23,29-31,33H,7-8,15-19H2,1H3/t22-,23+,29-,30+,31-/m0/s1. The fourth-order valence-electron chi connectivity index (χ4n) is 7.75. The van der Waals surface area contributed by atoms with Gasteiger partial charge in [0.1, 0.15) is 5.75 Å². The summed E-state index contributed by atoms with van der Waals surface area (Å²) in [7, 11) is 1.69. The molecule has 2 saturated carbocycles. The van der Waals surface area contributed by atoms with Crippen LogP contribution < -0.4 is 15.0 Å². The van der Waals surface area contributed by atoms with Gasteiger partial charge < -0.3 is 19.9 Å². The van der Waals surface area contributed by atoms with Crippen molar-refractivity contribution in [3.05, 3.63) is 89.5 Å². The summed E-state index contributed by atoms with van der Waals surface area (Å²) in [5, 5.41) is 3.91. The first-order chi connectivity index (χ1) is 18.2. The highest BCUT2D eigenvalue weighted by atomic mass is 16.5. The number of carbonyl (C=O) groups excluding carboxylic acids is 1. The summed E-state index contributed by atoms with van der Waals surface area (Å²) < 4.78 is 5.29. The Balaban J connectivity index is 1.11. The number of piperazine rings is 1. The quantitative estimate of drug-likeness (QED) is 0.488. The first-order valence-electron chi connectivity index (χ1n) is 13.8. The third-order valence-corrected chi connectivity index (χ3v) is 9.50. The second kappa shape index (κ2) is 9.13. The van der Waals surface area contributed by atoms with Gasteiger partial charge in [-0.25, -0.2) is 0 Å². The lowest BCUT2D eigenvalue weighted by Crippen LogP contribution is -2.48. The van der Waals surface area contributed by atoms with E-state index in [1.165, 1.54) is 41.8 Å². The van der Waals surface area contributed by atoms with Gasteiger partial charge in [0, 0.05) is 43.1 Å². The van der Waals surface area contributed by atoms with Crippen LogP contribution in [0.25, 0.3) is 0 Å². The predicted octanol–water partition coefficient (Wildman–Crippen LogP) is 5.95. The molecule has 0 aromatic heterocycles. The van der Waals surface area contributed by atoms with Crippen LogP contribution in [-0.2, 0) is 0 Å². The van der Waals surface area contributed by atoms with E-state index in [0.717, 1.165) is 49.3 Å². The molecule has 1 N–H and O–H groups in total. The average Bonchev–Trinajstić information content (AvgIpc) is 3.60. The van der Waals surface area contributed by atoms with Crippen molar-refractivity contribution in [1.29, 1.82) is 0 Å². The molecule has 0 spiro atoms. The summed E-state index contributed by atoms with van der Waals surface area (Å²) in [6, 6.07) is 26.0. The van der Waals surface area contributed by atoms with Gasteiger partial charge in [0.25, 0.3) is 5.91 Å². The molecular weight excluding hydrogens is 458 g/mol. The first kappa shape index (κ1) is 22.7. The van der Waals surface area contributed by atoms with E-state index < -0.39 is 0 Å². The molecule has 190 valence electrons. The maximum Gasteiger partial charge on any atom is 0.253 e. The van der Waals surface area contributed by atoms with Crippen LogP contribution in [0.15, 0.2) is 72.8 Å². The van der Waals surface area contributed by atoms with Gasteiger partial charge in [-0.05, 0) is 96.5 Å². The van der Waals surface area contributed by atoms with Gasteiger partial charge in [0.15, 0.2) is 0 Å². The molecule has 5 heteroatoms. The second-order valence-electron chi connectivity index (χ2n) is 11.2. The molecule has 5 nitrogen and oxygen atoms in total. The molecule has 2 heterocycles. The van der Waals surface area contributed by atoms with Gasteiger partial charge in [0.2, 0.25) is 0 Å². The number of carbonyl (C=O) groups is 1. The lowest BCUT2D eigenvalue weighted by atomic mass is 9.68. The number of anilines is 2. The van der Waals surface area contributed by atoms with E-state index in [4.69, 9.17) is 4.74 Å². The Morgan fingerprint density at radius 1 is 0.892 bits per heavy atom. The Bertz CT molecular complexity index is 1280. The maximum atomic E-state index is 13.6. The Morgan fingerprint density at radius 2 is 1.65 bits per heavy atom. The molecule has 2 aliphatic heterocycles. The fourth-order valence-corrected chi connectivity index (χ4v) is 7.75. The van der Waals surface area contributed by atoms with Crippen molar-refractivity contribution < 1.29 is 9.53 Å². The minimum atomic E-state index is 0.169. The summed E-state index contributed by atoms with van der Waals surface area (Å²) in [5.41, 5.74) is 6.03. The van der Waals surface area contributed by atoms with Crippen LogP contribution in [0.1, 0.15) is 52.7 Å². The van der Waals surface area contributed by atoms with Crippen LogP contribution >= 0.6 is 0 Å². The van der Waals surface area contributed by atoms with E-state index >= 15 is 0 Å². The normalized spacial score (nSPS) is 27.9.